The molecule has 1 aromatic heterocycles. The van der Waals surface area contributed by atoms with Crippen LogP contribution in [0.1, 0.15) is 32.7 Å². The summed E-state index contributed by atoms with van der Waals surface area (Å²) in [7, 11) is 0. The van der Waals surface area contributed by atoms with E-state index in [0.717, 1.165) is 30.5 Å². The van der Waals surface area contributed by atoms with Gasteiger partial charge < -0.3 is 15.6 Å². The van der Waals surface area contributed by atoms with Crippen molar-refractivity contribution in [3.8, 4) is 0 Å². The molecule has 2 amide bonds. The van der Waals surface area contributed by atoms with Crippen LogP contribution < -0.4 is 16.5 Å². The van der Waals surface area contributed by atoms with Crippen LogP contribution in [0.4, 0.5) is 5.69 Å². The van der Waals surface area contributed by atoms with Crippen molar-refractivity contribution in [2.75, 3.05) is 5.32 Å². The molecule has 1 aliphatic rings. The number of pyridine rings is 1. The molecule has 0 saturated carbocycles. The Morgan fingerprint density at radius 1 is 1.08 bits per heavy atom. The molecule has 0 fully saturated rings. The molecule has 0 saturated heterocycles. The van der Waals surface area contributed by atoms with E-state index >= 15 is 0 Å². The van der Waals surface area contributed by atoms with Gasteiger partial charge in [-0.25, -0.2) is 0 Å². The van der Waals surface area contributed by atoms with E-state index in [2.05, 4.69) is 5.32 Å². The number of rotatable bonds is 3. The minimum atomic E-state index is -0.537. The van der Waals surface area contributed by atoms with Gasteiger partial charge in [0.05, 0.1) is 5.52 Å². The summed E-state index contributed by atoms with van der Waals surface area (Å²) in [5.41, 5.74) is 7.95. The lowest BCUT2D eigenvalue weighted by molar-refractivity contribution is 0.0998. The molecule has 0 unspecified atom stereocenters. The highest BCUT2D eigenvalue weighted by molar-refractivity contribution is 6.06. The summed E-state index contributed by atoms with van der Waals surface area (Å²) in [5, 5.41) is 3.28. The second-order valence-electron chi connectivity index (χ2n) is 6.38. The average Bonchev–Trinajstić information content (AvgIpc) is 2.65. The van der Waals surface area contributed by atoms with Gasteiger partial charge >= 0.3 is 0 Å². The monoisotopic (exact) mass is 347 g/mol. The summed E-state index contributed by atoms with van der Waals surface area (Å²) < 4.78 is 1.99. The molecule has 2 heterocycles. The Hall–Kier alpha value is -3.41. The quantitative estimate of drug-likeness (QED) is 0.761. The summed E-state index contributed by atoms with van der Waals surface area (Å²) in [4.78, 5) is 36.6. The Labute approximate surface area is 149 Å². The number of hydrogen-bond donors (Lipinski definition) is 2. The van der Waals surface area contributed by atoms with Gasteiger partial charge in [-0.1, -0.05) is 12.1 Å². The molecule has 0 radical (unpaired) electrons. The topological polar surface area (TPSA) is 94.2 Å². The van der Waals surface area contributed by atoms with Crippen LogP contribution in [-0.2, 0) is 13.0 Å². The first-order valence-electron chi connectivity index (χ1n) is 8.41. The van der Waals surface area contributed by atoms with Gasteiger partial charge in [0, 0.05) is 29.4 Å². The van der Waals surface area contributed by atoms with Crippen LogP contribution in [0.15, 0.2) is 53.5 Å². The molecule has 6 heteroatoms. The van der Waals surface area contributed by atoms with Gasteiger partial charge in [-0.2, -0.15) is 0 Å². The molecule has 130 valence electrons. The fourth-order valence-electron chi connectivity index (χ4n) is 3.43. The summed E-state index contributed by atoms with van der Waals surface area (Å²) in [6, 6.07) is 11.9. The van der Waals surface area contributed by atoms with Crippen LogP contribution in [-0.4, -0.2) is 16.4 Å². The van der Waals surface area contributed by atoms with Crippen molar-refractivity contribution in [3.63, 3.8) is 0 Å². The molecule has 3 N–H and O–H groups in total. The predicted molar refractivity (Wildman–Crippen MR) is 99.4 cm³/mol. The van der Waals surface area contributed by atoms with Crippen LogP contribution in [0.5, 0.6) is 0 Å². The van der Waals surface area contributed by atoms with Crippen molar-refractivity contribution in [3.05, 3.63) is 75.6 Å². The molecule has 1 aliphatic heterocycles. The highest BCUT2D eigenvalue weighted by Crippen LogP contribution is 2.23. The zero-order valence-corrected chi connectivity index (χ0v) is 14.0. The normalized spacial score (nSPS) is 12.8. The van der Waals surface area contributed by atoms with Gasteiger partial charge in [0.15, 0.2) is 0 Å². The lowest BCUT2D eigenvalue weighted by Crippen LogP contribution is -2.25. The minimum absolute atomic E-state index is 0.107. The lowest BCUT2D eigenvalue weighted by Gasteiger charge is -2.20. The van der Waals surface area contributed by atoms with E-state index in [0.29, 0.717) is 16.6 Å². The lowest BCUT2D eigenvalue weighted by atomic mass is 9.99. The highest BCUT2D eigenvalue weighted by atomic mass is 16.2. The van der Waals surface area contributed by atoms with Crippen molar-refractivity contribution in [1.82, 2.24) is 4.57 Å². The number of anilines is 1. The van der Waals surface area contributed by atoms with Gasteiger partial charge in [0.1, 0.15) is 5.56 Å². The van der Waals surface area contributed by atoms with Crippen molar-refractivity contribution >= 4 is 28.4 Å². The number of nitrogens with one attached hydrogen (secondary N) is 1. The standard InChI is InChI=1S/C20H17N3O3/c21-19(25)13-6-8-14(9-7-13)22-20(26)16-11-23-10-2-4-12-3-1-5-15(17(12)23)18(16)24/h1,3,5-9,11H,2,4,10H2,(H2,21,25)(H,22,26). The van der Waals surface area contributed by atoms with Crippen LogP contribution in [0, 0.1) is 0 Å². The number of amides is 2. The van der Waals surface area contributed by atoms with E-state index in [1.165, 1.54) is 12.1 Å². The summed E-state index contributed by atoms with van der Waals surface area (Å²) in [5.74, 6) is -1.01. The van der Waals surface area contributed by atoms with E-state index in [9.17, 15) is 14.4 Å². The Morgan fingerprint density at radius 3 is 2.58 bits per heavy atom. The SMILES string of the molecule is NC(=O)c1ccc(NC(=O)c2cn3c4c(cccc4c2=O)CCC3)cc1. The van der Waals surface area contributed by atoms with E-state index in [-0.39, 0.29) is 11.0 Å². The first-order chi connectivity index (χ1) is 12.5. The van der Waals surface area contributed by atoms with Crippen LogP contribution in [0.2, 0.25) is 0 Å². The third-order valence-electron chi connectivity index (χ3n) is 4.70. The molecule has 6 nitrogen and oxygen atoms in total. The maximum absolute atomic E-state index is 12.8. The largest absolute Gasteiger partial charge is 0.366 e. The fourth-order valence-corrected chi connectivity index (χ4v) is 3.43. The molecule has 0 bridgehead atoms. The molecule has 0 aliphatic carbocycles. The average molecular weight is 347 g/mol. The molecule has 2 aromatic carbocycles. The van der Waals surface area contributed by atoms with Crippen molar-refractivity contribution in [2.24, 2.45) is 5.73 Å². The molecule has 3 aromatic rings. The number of aryl methyl sites for hydroxylation is 2. The van der Waals surface area contributed by atoms with Crippen LogP contribution in [0.25, 0.3) is 10.9 Å². The Kier molecular flexibility index (Phi) is 3.80. The molecule has 26 heavy (non-hydrogen) atoms. The Bertz CT molecular complexity index is 1100. The Balaban J connectivity index is 1.72. The van der Waals surface area contributed by atoms with Crippen LogP contribution in [0.3, 0.4) is 0 Å². The number of carbonyl (C=O) groups is 2. The van der Waals surface area contributed by atoms with Gasteiger partial charge in [-0.15, -0.1) is 0 Å². The summed E-state index contributed by atoms with van der Waals surface area (Å²) >= 11 is 0. The van der Waals surface area contributed by atoms with Gasteiger partial charge in [-0.3, -0.25) is 14.4 Å². The maximum atomic E-state index is 12.8. The fraction of sp³-hybridized carbons (Fsp3) is 0.150. The zero-order chi connectivity index (χ0) is 18.3. The number of nitrogens with two attached hydrogens (primary N) is 1. The van der Waals surface area contributed by atoms with Crippen LogP contribution >= 0.6 is 0 Å². The number of aromatic nitrogens is 1. The number of carbonyl (C=O) groups excluding carboxylic acids is 2. The first-order valence-corrected chi connectivity index (χ1v) is 8.41. The number of primary amides is 1. The van der Waals surface area contributed by atoms with Crippen molar-refractivity contribution in [1.29, 1.82) is 0 Å². The summed E-state index contributed by atoms with van der Waals surface area (Å²) in [6.45, 7) is 0.779. The highest BCUT2D eigenvalue weighted by Gasteiger charge is 2.19. The van der Waals surface area contributed by atoms with Gasteiger partial charge in [-0.05, 0) is 48.7 Å². The third-order valence-corrected chi connectivity index (χ3v) is 4.70. The molecular formula is C20H17N3O3. The molecule has 0 spiro atoms. The van der Waals surface area contributed by atoms with Gasteiger partial charge in [0.25, 0.3) is 5.91 Å². The number of para-hydroxylation sites is 1. The van der Waals surface area contributed by atoms with Crippen molar-refractivity contribution in [2.45, 2.75) is 19.4 Å². The van der Waals surface area contributed by atoms with E-state index in [1.54, 1.807) is 24.4 Å². The molecular weight excluding hydrogens is 330 g/mol. The first kappa shape index (κ1) is 16.1. The maximum Gasteiger partial charge on any atom is 0.261 e. The van der Waals surface area contributed by atoms with Gasteiger partial charge in [0.2, 0.25) is 11.3 Å². The predicted octanol–water partition coefficient (Wildman–Crippen LogP) is 2.30. The number of hydrogen-bond acceptors (Lipinski definition) is 3. The minimum Gasteiger partial charge on any atom is -0.366 e. The van der Waals surface area contributed by atoms with E-state index in [1.807, 2.05) is 16.7 Å². The Morgan fingerprint density at radius 2 is 1.85 bits per heavy atom. The van der Waals surface area contributed by atoms with Crippen molar-refractivity contribution < 1.29 is 9.59 Å². The molecule has 0 atom stereocenters. The smallest absolute Gasteiger partial charge is 0.261 e. The second kappa shape index (κ2) is 6.15. The number of benzene rings is 2. The second-order valence-corrected chi connectivity index (χ2v) is 6.38. The van der Waals surface area contributed by atoms with E-state index in [4.69, 9.17) is 5.73 Å². The zero-order valence-electron chi connectivity index (χ0n) is 14.0. The number of nitrogens with zero attached hydrogens (tertiary/aromatic N) is 1. The van der Waals surface area contributed by atoms with E-state index < -0.39 is 11.8 Å². The third kappa shape index (κ3) is 2.65. The summed E-state index contributed by atoms with van der Waals surface area (Å²) in [6.07, 6.45) is 3.56. The molecule has 4 rings (SSSR count).